The quantitative estimate of drug-likeness (QED) is 0.412. The molecule has 0 radical (unpaired) electrons. The second kappa shape index (κ2) is 8.05. The van der Waals surface area contributed by atoms with Crippen LogP contribution >= 0.6 is 0 Å². The number of hydrogen-bond acceptors (Lipinski definition) is 6. The van der Waals surface area contributed by atoms with Crippen LogP contribution in [0.15, 0.2) is 33.5 Å². The van der Waals surface area contributed by atoms with Gasteiger partial charge in [-0.1, -0.05) is 13.0 Å². The lowest BCUT2D eigenvalue weighted by Crippen LogP contribution is -2.26. The van der Waals surface area contributed by atoms with E-state index < -0.39 is 11.0 Å². The number of rotatable bonds is 8. The van der Waals surface area contributed by atoms with Gasteiger partial charge in [0.1, 0.15) is 5.75 Å². The van der Waals surface area contributed by atoms with Crippen molar-refractivity contribution in [3.8, 4) is 11.5 Å². The second-order valence-electron chi connectivity index (χ2n) is 6.34. The van der Waals surface area contributed by atoms with Crippen LogP contribution in [-0.4, -0.2) is 26.3 Å². The molecule has 0 amide bonds. The average molecular weight is 348 g/mol. The number of benzene rings is 1. The van der Waals surface area contributed by atoms with Crippen molar-refractivity contribution in [3.05, 3.63) is 34.7 Å². The highest BCUT2D eigenvalue weighted by Gasteiger charge is 2.26. The van der Waals surface area contributed by atoms with Crippen LogP contribution in [0.5, 0.6) is 11.5 Å². The van der Waals surface area contributed by atoms with Crippen LogP contribution in [-0.2, 0) is 9.53 Å². The van der Waals surface area contributed by atoms with Crippen LogP contribution in [0.2, 0.25) is 0 Å². The Kier molecular flexibility index (Phi) is 6.07. The van der Waals surface area contributed by atoms with E-state index in [1.54, 1.807) is 18.2 Å². The minimum absolute atomic E-state index is 0.217. The Morgan fingerprint density at radius 3 is 2.64 bits per heavy atom. The summed E-state index contributed by atoms with van der Waals surface area (Å²) < 4.78 is 21.4. The van der Waals surface area contributed by atoms with Gasteiger partial charge in [-0.2, -0.15) is 0 Å². The molecule has 0 unspecified atom stereocenters. The third kappa shape index (κ3) is 4.53. The Hall–Kier alpha value is -2.50. The van der Waals surface area contributed by atoms with E-state index in [4.69, 9.17) is 18.6 Å². The fourth-order valence-corrected chi connectivity index (χ4v) is 2.16. The summed E-state index contributed by atoms with van der Waals surface area (Å²) in [5.41, 5.74) is -0.641. The summed E-state index contributed by atoms with van der Waals surface area (Å²) in [6.07, 6.45) is 1.24. The Morgan fingerprint density at radius 2 is 1.96 bits per heavy atom. The normalized spacial score (nSPS) is 11.4. The summed E-state index contributed by atoms with van der Waals surface area (Å²) >= 11 is 0. The summed E-state index contributed by atoms with van der Waals surface area (Å²) in [4.78, 5) is 23.6. The molecule has 2 rings (SSSR count). The van der Waals surface area contributed by atoms with Gasteiger partial charge in [-0.05, 0) is 32.4 Å². The van der Waals surface area contributed by atoms with Crippen molar-refractivity contribution in [3.63, 3.8) is 0 Å². The maximum Gasteiger partial charge on any atom is 0.340 e. The van der Waals surface area contributed by atoms with Crippen LogP contribution in [0.3, 0.4) is 0 Å². The molecule has 1 heterocycles. The minimum atomic E-state index is -0.511. The summed E-state index contributed by atoms with van der Waals surface area (Å²) in [5, 5.41) is 0.656. The minimum Gasteiger partial charge on any atom is -0.493 e. The first-order chi connectivity index (χ1) is 11.9. The molecule has 0 aliphatic carbocycles. The third-order valence-electron chi connectivity index (χ3n) is 4.13. The van der Waals surface area contributed by atoms with Gasteiger partial charge in [0.2, 0.25) is 0 Å². The van der Waals surface area contributed by atoms with E-state index >= 15 is 0 Å². The number of ether oxygens (including phenoxy) is 3. The molecule has 0 atom stereocenters. The smallest absolute Gasteiger partial charge is 0.340 e. The summed E-state index contributed by atoms with van der Waals surface area (Å²) in [7, 11) is 1.51. The highest BCUT2D eigenvalue weighted by atomic mass is 16.5. The standard InChI is InChI=1S/C19H24O6/c1-5-19(2,3)18(21)24-11-7-10-23-15-12-16(20)25-17-13(15)8-6-9-14(17)22-4/h6,8-9,12H,5,7,10-11H2,1-4H3. The topological polar surface area (TPSA) is 75.0 Å². The average Bonchev–Trinajstić information content (AvgIpc) is 2.60. The van der Waals surface area contributed by atoms with Crippen molar-refractivity contribution in [2.24, 2.45) is 5.41 Å². The highest BCUT2D eigenvalue weighted by Crippen LogP contribution is 2.30. The Morgan fingerprint density at radius 1 is 1.20 bits per heavy atom. The monoisotopic (exact) mass is 348 g/mol. The molecular weight excluding hydrogens is 324 g/mol. The molecule has 0 aliphatic heterocycles. The molecule has 1 aromatic heterocycles. The van der Waals surface area contributed by atoms with Gasteiger partial charge in [0.15, 0.2) is 11.3 Å². The van der Waals surface area contributed by atoms with E-state index in [0.29, 0.717) is 35.5 Å². The van der Waals surface area contributed by atoms with E-state index in [1.165, 1.54) is 13.2 Å². The number of fused-ring (bicyclic) bond motifs is 1. The molecule has 0 bridgehead atoms. The summed E-state index contributed by atoms with van der Waals surface area (Å²) in [6.45, 7) is 6.24. The van der Waals surface area contributed by atoms with E-state index in [9.17, 15) is 9.59 Å². The first kappa shape index (κ1) is 18.8. The zero-order valence-corrected chi connectivity index (χ0v) is 15.1. The number of hydrogen-bond donors (Lipinski definition) is 0. The maximum atomic E-state index is 11.9. The van der Waals surface area contributed by atoms with Crippen LogP contribution in [0.4, 0.5) is 0 Å². The summed E-state index contributed by atoms with van der Waals surface area (Å²) in [6, 6.07) is 6.60. The number of para-hydroxylation sites is 1. The lowest BCUT2D eigenvalue weighted by atomic mass is 9.91. The molecule has 0 spiro atoms. The van der Waals surface area contributed by atoms with Crippen LogP contribution < -0.4 is 15.1 Å². The molecule has 1 aromatic carbocycles. The highest BCUT2D eigenvalue weighted by molar-refractivity contribution is 5.87. The van der Waals surface area contributed by atoms with Crippen molar-refractivity contribution in [1.82, 2.24) is 0 Å². The molecule has 136 valence electrons. The van der Waals surface area contributed by atoms with Crippen molar-refractivity contribution < 1.29 is 23.4 Å². The van der Waals surface area contributed by atoms with E-state index in [1.807, 2.05) is 20.8 Å². The fourth-order valence-electron chi connectivity index (χ4n) is 2.16. The van der Waals surface area contributed by atoms with Gasteiger partial charge in [0.25, 0.3) is 0 Å². The predicted molar refractivity (Wildman–Crippen MR) is 94.2 cm³/mol. The summed E-state index contributed by atoms with van der Waals surface area (Å²) in [5.74, 6) is 0.673. The molecule has 0 saturated carbocycles. The van der Waals surface area contributed by atoms with Crippen LogP contribution in [0, 0.1) is 5.41 Å². The second-order valence-corrected chi connectivity index (χ2v) is 6.34. The maximum absolute atomic E-state index is 11.9. The number of methoxy groups -OCH3 is 1. The predicted octanol–water partition coefficient (Wildman–Crippen LogP) is 3.55. The Bertz CT molecular complexity index is 790. The number of esters is 1. The van der Waals surface area contributed by atoms with Crippen LogP contribution in [0.25, 0.3) is 11.0 Å². The van der Waals surface area contributed by atoms with E-state index in [0.717, 1.165) is 6.42 Å². The number of carbonyl (C=O) groups is 1. The molecule has 25 heavy (non-hydrogen) atoms. The van der Waals surface area contributed by atoms with Gasteiger partial charge in [0.05, 0.1) is 37.2 Å². The molecule has 0 aliphatic rings. The van der Waals surface area contributed by atoms with Gasteiger partial charge >= 0.3 is 11.6 Å². The fraction of sp³-hybridized carbons (Fsp3) is 0.474. The Labute approximate surface area is 146 Å². The third-order valence-corrected chi connectivity index (χ3v) is 4.13. The first-order valence-corrected chi connectivity index (χ1v) is 8.30. The van der Waals surface area contributed by atoms with Gasteiger partial charge in [-0.25, -0.2) is 4.79 Å². The Balaban J connectivity index is 1.98. The van der Waals surface area contributed by atoms with Gasteiger partial charge in [0, 0.05) is 6.42 Å². The lowest BCUT2D eigenvalue weighted by Gasteiger charge is -2.20. The van der Waals surface area contributed by atoms with Crippen molar-refractivity contribution in [2.45, 2.75) is 33.6 Å². The zero-order chi connectivity index (χ0) is 18.4. The van der Waals surface area contributed by atoms with Crippen molar-refractivity contribution in [1.29, 1.82) is 0 Å². The lowest BCUT2D eigenvalue weighted by molar-refractivity contribution is -0.154. The van der Waals surface area contributed by atoms with Crippen molar-refractivity contribution >= 4 is 16.9 Å². The molecule has 0 saturated heterocycles. The molecule has 2 aromatic rings. The zero-order valence-electron chi connectivity index (χ0n) is 15.1. The van der Waals surface area contributed by atoms with Gasteiger partial charge in [-0.15, -0.1) is 0 Å². The number of carbonyl (C=O) groups excluding carboxylic acids is 1. The SMILES string of the molecule is CCC(C)(C)C(=O)OCCCOc1cc(=O)oc2c(OC)cccc12. The molecule has 6 heteroatoms. The van der Waals surface area contributed by atoms with E-state index in [2.05, 4.69) is 0 Å². The largest absolute Gasteiger partial charge is 0.493 e. The molecule has 6 nitrogen and oxygen atoms in total. The molecule has 0 fully saturated rings. The van der Waals surface area contributed by atoms with E-state index in [-0.39, 0.29) is 12.6 Å². The van der Waals surface area contributed by atoms with Crippen LogP contribution in [0.1, 0.15) is 33.6 Å². The first-order valence-electron chi connectivity index (χ1n) is 8.30. The van der Waals surface area contributed by atoms with Gasteiger partial charge < -0.3 is 18.6 Å². The molecule has 0 N–H and O–H groups in total. The van der Waals surface area contributed by atoms with Crippen molar-refractivity contribution in [2.75, 3.05) is 20.3 Å². The van der Waals surface area contributed by atoms with Gasteiger partial charge in [-0.3, -0.25) is 4.79 Å². The molecular formula is C19H24O6.